The summed E-state index contributed by atoms with van der Waals surface area (Å²) in [6.07, 6.45) is 3.73. The van der Waals surface area contributed by atoms with Crippen molar-refractivity contribution in [3.63, 3.8) is 0 Å². The zero-order valence-corrected chi connectivity index (χ0v) is 13.3. The van der Waals surface area contributed by atoms with Crippen molar-refractivity contribution in [2.45, 2.75) is 32.2 Å². The molecule has 0 radical (unpaired) electrons. The second-order valence-electron chi connectivity index (χ2n) is 5.31. The van der Waals surface area contributed by atoms with Crippen molar-refractivity contribution >= 4 is 33.2 Å². The molecule has 3 heterocycles. The first-order chi connectivity index (χ1) is 9.63. The van der Waals surface area contributed by atoms with Crippen molar-refractivity contribution in [1.29, 1.82) is 0 Å². The van der Waals surface area contributed by atoms with E-state index >= 15 is 0 Å². The first kappa shape index (κ1) is 14.0. The summed E-state index contributed by atoms with van der Waals surface area (Å²) >= 11 is 7.59. The van der Waals surface area contributed by atoms with Crippen LogP contribution in [0.15, 0.2) is 6.07 Å². The number of aromatic nitrogens is 2. The predicted molar refractivity (Wildman–Crippen MR) is 82.9 cm³/mol. The summed E-state index contributed by atoms with van der Waals surface area (Å²) in [5, 5.41) is 1.22. The van der Waals surface area contributed by atoms with E-state index in [-0.39, 0.29) is 5.28 Å². The van der Waals surface area contributed by atoms with Gasteiger partial charge in [0.1, 0.15) is 11.4 Å². The van der Waals surface area contributed by atoms with E-state index < -0.39 is 0 Å². The number of thiophene rings is 1. The van der Waals surface area contributed by atoms with Gasteiger partial charge in [-0.3, -0.25) is 0 Å². The second-order valence-corrected chi connectivity index (χ2v) is 6.89. The molecule has 1 aliphatic heterocycles. The Kier molecular flexibility index (Phi) is 4.10. The number of halogens is 1. The van der Waals surface area contributed by atoms with Crippen molar-refractivity contribution in [3.05, 3.63) is 16.2 Å². The molecule has 3 rings (SSSR count). The minimum absolute atomic E-state index is 0.256. The molecule has 6 heteroatoms. The van der Waals surface area contributed by atoms with Crippen molar-refractivity contribution in [2.24, 2.45) is 0 Å². The van der Waals surface area contributed by atoms with E-state index in [4.69, 9.17) is 16.3 Å². The summed E-state index contributed by atoms with van der Waals surface area (Å²) in [4.78, 5) is 12.9. The molecule has 4 nitrogen and oxygen atoms in total. The molecule has 1 aliphatic rings. The molecule has 1 unspecified atom stereocenters. The summed E-state index contributed by atoms with van der Waals surface area (Å²) in [7, 11) is 2.16. The molecular weight excluding hydrogens is 294 g/mol. The summed E-state index contributed by atoms with van der Waals surface area (Å²) in [5.74, 6) is 0.614. The first-order valence-corrected chi connectivity index (χ1v) is 8.09. The molecule has 20 heavy (non-hydrogen) atoms. The van der Waals surface area contributed by atoms with Crippen LogP contribution in [0.2, 0.25) is 5.28 Å². The van der Waals surface area contributed by atoms with E-state index in [1.54, 1.807) is 11.3 Å². The van der Waals surface area contributed by atoms with Gasteiger partial charge < -0.3 is 9.64 Å². The molecule has 1 fully saturated rings. The lowest BCUT2D eigenvalue weighted by atomic mass is 10.0. The van der Waals surface area contributed by atoms with Gasteiger partial charge in [0.15, 0.2) is 0 Å². The number of ether oxygens (including phenoxy) is 1. The monoisotopic (exact) mass is 311 g/mol. The molecule has 0 aliphatic carbocycles. The minimum atomic E-state index is 0.256. The van der Waals surface area contributed by atoms with Crippen LogP contribution >= 0.6 is 22.9 Å². The topological polar surface area (TPSA) is 38.2 Å². The van der Waals surface area contributed by atoms with Gasteiger partial charge in [0.2, 0.25) is 11.2 Å². The van der Waals surface area contributed by atoms with E-state index in [0.29, 0.717) is 18.5 Å². The number of hydrogen-bond acceptors (Lipinski definition) is 5. The van der Waals surface area contributed by atoms with Crippen LogP contribution in [0.1, 0.15) is 24.1 Å². The Labute approximate surface area is 127 Å². The highest BCUT2D eigenvalue weighted by molar-refractivity contribution is 7.18. The standard InChI is InChI=1S/C14H18ClN3OS/c1-9-7-11-12(16-14(15)17-13(11)20-9)19-8-10-5-3-4-6-18(10)2/h7,10H,3-6,8H2,1-2H3. The third kappa shape index (κ3) is 2.90. The molecule has 108 valence electrons. The number of likely N-dealkylation sites (N-methyl/N-ethyl adjacent to an activating group) is 1. The molecule has 2 aromatic rings. The lowest BCUT2D eigenvalue weighted by Gasteiger charge is -2.31. The Morgan fingerprint density at radius 2 is 2.30 bits per heavy atom. The highest BCUT2D eigenvalue weighted by atomic mass is 35.5. The predicted octanol–water partition coefficient (Wildman–Crippen LogP) is 3.52. The second kappa shape index (κ2) is 5.84. The Morgan fingerprint density at radius 1 is 1.45 bits per heavy atom. The number of rotatable bonds is 3. The molecule has 0 bridgehead atoms. The van der Waals surface area contributed by atoms with Gasteiger partial charge in [0.25, 0.3) is 0 Å². The Hall–Kier alpha value is -0.910. The number of hydrogen-bond donors (Lipinski definition) is 0. The largest absolute Gasteiger partial charge is 0.475 e. The number of likely N-dealkylation sites (tertiary alicyclic amines) is 1. The van der Waals surface area contributed by atoms with Crippen LogP contribution in [0.4, 0.5) is 0 Å². The molecule has 0 amide bonds. The van der Waals surface area contributed by atoms with Crippen LogP contribution in [0.5, 0.6) is 5.88 Å². The van der Waals surface area contributed by atoms with Crippen LogP contribution in [0.25, 0.3) is 10.2 Å². The first-order valence-electron chi connectivity index (χ1n) is 6.90. The molecular formula is C14H18ClN3OS. The van der Waals surface area contributed by atoms with E-state index in [9.17, 15) is 0 Å². The highest BCUT2D eigenvalue weighted by Gasteiger charge is 2.20. The summed E-state index contributed by atoms with van der Waals surface area (Å²) < 4.78 is 5.95. The van der Waals surface area contributed by atoms with Gasteiger partial charge in [-0.2, -0.15) is 4.98 Å². The zero-order chi connectivity index (χ0) is 14.1. The Bertz CT molecular complexity index is 616. The van der Waals surface area contributed by atoms with E-state index in [0.717, 1.165) is 16.8 Å². The average molecular weight is 312 g/mol. The molecule has 0 N–H and O–H groups in total. The fraction of sp³-hybridized carbons (Fsp3) is 0.571. The maximum absolute atomic E-state index is 5.98. The van der Waals surface area contributed by atoms with E-state index in [1.807, 2.05) is 0 Å². The SMILES string of the molecule is Cc1cc2c(OCC3CCCCN3C)nc(Cl)nc2s1. The molecule has 1 atom stereocenters. The third-order valence-corrected chi connectivity index (χ3v) is 4.90. The molecule has 0 spiro atoms. The zero-order valence-electron chi connectivity index (χ0n) is 11.7. The number of nitrogens with zero attached hydrogens (tertiary/aromatic N) is 3. The van der Waals surface area contributed by atoms with E-state index in [2.05, 4.69) is 34.9 Å². The Balaban J connectivity index is 1.79. The Morgan fingerprint density at radius 3 is 3.10 bits per heavy atom. The molecule has 2 aromatic heterocycles. The smallest absolute Gasteiger partial charge is 0.227 e. The van der Waals surface area contributed by atoms with E-state index in [1.165, 1.54) is 24.1 Å². The maximum Gasteiger partial charge on any atom is 0.227 e. The van der Waals surface area contributed by atoms with Crippen molar-refractivity contribution in [1.82, 2.24) is 14.9 Å². The summed E-state index contributed by atoms with van der Waals surface area (Å²) in [6, 6.07) is 2.53. The van der Waals surface area contributed by atoms with Gasteiger partial charge in [-0.25, -0.2) is 4.98 Å². The van der Waals surface area contributed by atoms with Crippen LogP contribution in [-0.2, 0) is 0 Å². The molecule has 0 aromatic carbocycles. The average Bonchev–Trinajstić information content (AvgIpc) is 2.77. The number of aryl methyl sites for hydroxylation is 1. The molecule has 0 saturated carbocycles. The van der Waals surface area contributed by atoms with Gasteiger partial charge in [0.05, 0.1) is 5.39 Å². The van der Waals surface area contributed by atoms with Crippen molar-refractivity contribution < 1.29 is 4.74 Å². The van der Waals surface area contributed by atoms with Gasteiger partial charge in [-0.05, 0) is 51.0 Å². The highest BCUT2D eigenvalue weighted by Crippen LogP contribution is 2.31. The lowest BCUT2D eigenvalue weighted by Crippen LogP contribution is -2.40. The van der Waals surface area contributed by atoms with Gasteiger partial charge in [-0.15, -0.1) is 11.3 Å². The normalized spacial score (nSPS) is 20.4. The van der Waals surface area contributed by atoms with Crippen LogP contribution in [-0.4, -0.2) is 41.1 Å². The maximum atomic E-state index is 5.98. The fourth-order valence-corrected chi connectivity index (χ4v) is 3.71. The molecule has 1 saturated heterocycles. The van der Waals surface area contributed by atoms with Gasteiger partial charge >= 0.3 is 0 Å². The number of piperidine rings is 1. The summed E-state index contributed by atoms with van der Waals surface area (Å²) in [6.45, 7) is 3.86. The van der Waals surface area contributed by atoms with Crippen LogP contribution in [0, 0.1) is 6.92 Å². The van der Waals surface area contributed by atoms with Crippen LogP contribution < -0.4 is 4.74 Å². The quantitative estimate of drug-likeness (QED) is 0.813. The van der Waals surface area contributed by atoms with Gasteiger partial charge in [0, 0.05) is 10.9 Å². The summed E-state index contributed by atoms with van der Waals surface area (Å²) in [5.41, 5.74) is 0. The van der Waals surface area contributed by atoms with Gasteiger partial charge in [-0.1, -0.05) is 6.42 Å². The lowest BCUT2D eigenvalue weighted by molar-refractivity contribution is 0.123. The minimum Gasteiger partial charge on any atom is -0.475 e. The number of fused-ring (bicyclic) bond motifs is 1. The van der Waals surface area contributed by atoms with Crippen molar-refractivity contribution in [3.8, 4) is 5.88 Å². The third-order valence-electron chi connectivity index (χ3n) is 3.79. The fourth-order valence-electron chi connectivity index (χ4n) is 2.63. The van der Waals surface area contributed by atoms with Crippen LogP contribution in [0.3, 0.4) is 0 Å². The van der Waals surface area contributed by atoms with Crippen molar-refractivity contribution in [2.75, 3.05) is 20.2 Å².